The molecule has 1 aromatic heterocycles. The molecule has 2 aliphatic rings. The lowest BCUT2D eigenvalue weighted by Crippen LogP contribution is -2.33. The van der Waals surface area contributed by atoms with Gasteiger partial charge in [0.25, 0.3) is 0 Å². The van der Waals surface area contributed by atoms with E-state index in [0.29, 0.717) is 26.7 Å². The number of nitrogens with one attached hydrogen (secondary N) is 1. The van der Waals surface area contributed by atoms with Crippen LogP contribution in [0.2, 0.25) is 0 Å². The molecule has 2 aliphatic heterocycles. The largest absolute Gasteiger partial charge is 0.462 e. The number of hydrogen-bond acceptors (Lipinski definition) is 9. The number of fused-ring (bicyclic) bond motifs is 2. The third-order valence-electron chi connectivity index (χ3n) is 8.84. The van der Waals surface area contributed by atoms with E-state index >= 15 is 0 Å². The minimum Gasteiger partial charge on any atom is -0.462 e. The number of aromatic nitrogens is 1. The standard InChI is InChI=1S/C36H33F3N4O6S2/c1-4-41(5-2)24-16-12-20(13-17-24)27-28-29(32(46)43(31(28)45)25-9-7-8-22(18-25)36(37,38)39)50-33-30(27)51-35(48)42(33)19-26(44)40-23-14-10-21(11-15-23)34(47)49-6-3/h7-18,27-29H,4-6,19H2,1-3H3,(H,40,44). The maximum Gasteiger partial charge on any atom is 0.416 e. The zero-order valence-electron chi connectivity index (χ0n) is 27.7. The first-order valence-corrected chi connectivity index (χ1v) is 17.9. The van der Waals surface area contributed by atoms with E-state index in [0.717, 1.165) is 65.0 Å². The predicted molar refractivity (Wildman–Crippen MR) is 189 cm³/mol. The predicted octanol–water partition coefficient (Wildman–Crippen LogP) is 6.39. The number of hydrogen-bond donors (Lipinski definition) is 1. The van der Waals surface area contributed by atoms with E-state index in [4.69, 9.17) is 4.74 Å². The van der Waals surface area contributed by atoms with Crippen LogP contribution < -0.4 is 20.0 Å². The molecule has 4 aromatic rings. The number of esters is 1. The van der Waals surface area contributed by atoms with E-state index in [9.17, 15) is 37.1 Å². The lowest BCUT2D eigenvalue weighted by Gasteiger charge is -2.31. The van der Waals surface area contributed by atoms with Crippen molar-refractivity contribution in [2.24, 2.45) is 5.92 Å². The second-order valence-corrected chi connectivity index (χ2v) is 14.0. The Hall–Kier alpha value is -4.89. The molecule has 15 heteroatoms. The van der Waals surface area contributed by atoms with Gasteiger partial charge in [0.1, 0.15) is 11.8 Å². The number of thioether (sulfide) groups is 1. The molecule has 3 heterocycles. The Balaban J connectivity index is 1.36. The number of alkyl halides is 3. The number of anilines is 3. The van der Waals surface area contributed by atoms with Crippen LogP contribution in [0.25, 0.3) is 0 Å². The smallest absolute Gasteiger partial charge is 0.416 e. The third-order valence-corrected chi connectivity index (χ3v) is 11.4. The number of imide groups is 1. The molecular weight excluding hydrogens is 706 g/mol. The fourth-order valence-corrected chi connectivity index (χ4v) is 9.19. The highest BCUT2D eigenvalue weighted by Gasteiger charge is 2.57. The van der Waals surface area contributed by atoms with Crippen LogP contribution in [0, 0.1) is 5.92 Å². The number of carbonyl (C=O) groups excluding carboxylic acids is 4. The quantitative estimate of drug-likeness (QED) is 0.147. The summed E-state index contributed by atoms with van der Waals surface area (Å²) >= 11 is 1.83. The van der Waals surface area contributed by atoms with Crippen LogP contribution in [0.4, 0.5) is 30.2 Å². The molecule has 51 heavy (non-hydrogen) atoms. The van der Waals surface area contributed by atoms with E-state index in [2.05, 4.69) is 10.2 Å². The molecule has 0 saturated carbocycles. The molecule has 10 nitrogen and oxygen atoms in total. The Kier molecular flexibility index (Phi) is 10.1. The Bertz CT molecular complexity index is 2040. The van der Waals surface area contributed by atoms with Crippen LogP contribution in [0.3, 0.4) is 0 Å². The van der Waals surface area contributed by atoms with E-state index in [1.54, 1.807) is 6.92 Å². The summed E-state index contributed by atoms with van der Waals surface area (Å²) < 4.78 is 47.1. The maximum atomic E-state index is 14.2. The van der Waals surface area contributed by atoms with E-state index in [-0.39, 0.29) is 12.3 Å². The fourth-order valence-electron chi connectivity index (χ4n) is 6.42. The Morgan fingerprint density at radius 1 is 0.922 bits per heavy atom. The SMILES string of the molecule is CCOC(=O)c1ccc(NC(=O)Cn2c3c(sc2=O)C(c2ccc(N(CC)CC)cc2)C2C(=O)N(c4cccc(C(F)(F)F)c4)C(=O)C2S3)cc1. The highest BCUT2D eigenvalue weighted by atomic mass is 32.2. The van der Waals surface area contributed by atoms with Crippen LogP contribution in [-0.4, -0.2) is 53.2 Å². The summed E-state index contributed by atoms with van der Waals surface area (Å²) in [6.45, 7) is 7.04. The summed E-state index contributed by atoms with van der Waals surface area (Å²) in [4.78, 5) is 69.9. The molecule has 3 aromatic carbocycles. The van der Waals surface area contributed by atoms with Crippen LogP contribution in [0.5, 0.6) is 0 Å². The fraction of sp³-hybridized carbons (Fsp3) is 0.306. The molecule has 1 fully saturated rings. The minimum absolute atomic E-state index is 0.195. The number of benzene rings is 3. The van der Waals surface area contributed by atoms with Crippen molar-refractivity contribution >= 4 is 63.9 Å². The molecule has 0 bridgehead atoms. The van der Waals surface area contributed by atoms with Gasteiger partial charge in [-0.2, -0.15) is 13.2 Å². The lowest BCUT2D eigenvalue weighted by atomic mass is 9.83. The van der Waals surface area contributed by atoms with Gasteiger partial charge < -0.3 is 15.0 Å². The number of halogens is 3. The number of ether oxygens (including phenoxy) is 1. The van der Waals surface area contributed by atoms with Crippen LogP contribution in [0.1, 0.15) is 53.1 Å². The molecular formula is C36H33F3N4O6S2. The van der Waals surface area contributed by atoms with Crippen molar-refractivity contribution in [3.63, 3.8) is 0 Å². The average Bonchev–Trinajstić information content (AvgIpc) is 3.55. The van der Waals surface area contributed by atoms with E-state index < -0.39 is 63.9 Å². The number of nitrogens with zero attached hydrogens (tertiary/aromatic N) is 3. The van der Waals surface area contributed by atoms with Gasteiger partial charge in [-0.1, -0.05) is 41.3 Å². The average molecular weight is 739 g/mol. The summed E-state index contributed by atoms with van der Waals surface area (Å²) in [6, 6.07) is 17.6. The van der Waals surface area contributed by atoms with E-state index in [1.165, 1.54) is 34.9 Å². The molecule has 1 saturated heterocycles. The van der Waals surface area contributed by atoms with Crippen LogP contribution in [0.15, 0.2) is 82.6 Å². The molecule has 0 radical (unpaired) electrons. The van der Waals surface area contributed by atoms with Gasteiger partial charge in [-0.3, -0.25) is 23.7 Å². The van der Waals surface area contributed by atoms with Crippen molar-refractivity contribution in [3.8, 4) is 0 Å². The molecule has 0 aliphatic carbocycles. The third kappa shape index (κ3) is 6.91. The summed E-state index contributed by atoms with van der Waals surface area (Å²) in [5.74, 6) is -4.25. The maximum absolute atomic E-state index is 14.2. The van der Waals surface area contributed by atoms with Gasteiger partial charge >= 0.3 is 17.0 Å². The van der Waals surface area contributed by atoms with Gasteiger partial charge in [-0.05, 0) is 80.9 Å². The van der Waals surface area contributed by atoms with E-state index in [1.807, 2.05) is 38.1 Å². The highest BCUT2D eigenvalue weighted by Crippen LogP contribution is 2.54. The van der Waals surface area contributed by atoms with Crippen LogP contribution in [-0.2, 0) is 31.8 Å². The number of rotatable bonds is 10. The Morgan fingerprint density at radius 2 is 1.61 bits per heavy atom. The molecule has 1 N–H and O–H groups in total. The summed E-state index contributed by atoms with van der Waals surface area (Å²) in [7, 11) is 0. The molecule has 3 amide bonds. The Labute approximate surface area is 299 Å². The highest BCUT2D eigenvalue weighted by molar-refractivity contribution is 8.00. The molecule has 3 unspecified atom stereocenters. The first kappa shape index (κ1) is 35.9. The van der Waals surface area contributed by atoms with Crippen molar-refractivity contribution in [1.29, 1.82) is 0 Å². The van der Waals surface area contributed by atoms with Crippen molar-refractivity contribution in [2.45, 2.75) is 49.7 Å². The molecule has 3 atom stereocenters. The number of amides is 3. The summed E-state index contributed by atoms with van der Waals surface area (Å²) in [5, 5.41) is 1.97. The second kappa shape index (κ2) is 14.4. The van der Waals surface area contributed by atoms with Gasteiger partial charge in [0.2, 0.25) is 17.7 Å². The van der Waals surface area contributed by atoms with Crippen LogP contribution >= 0.6 is 23.1 Å². The van der Waals surface area contributed by atoms with Crippen molar-refractivity contribution in [1.82, 2.24) is 4.57 Å². The second-order valence-electron chi connectivity index (χ2n) is 11.8. The lowest BCUT2D eigenvalue weighted by molar-refractivity contribution is -0.137. The zero-order valence-corrected chi connectivity index (χ0v) is 29.4. The van der Waals surface area contributed by atoms with Gasteiger partial charge in [-0.15, -0.1) is 0 Å². The monoisotopic (exact) mass is 738 g/mol. The summed E-state index contributed by atoms with van der Waals surface area (Å²) in [5.41, 5.74) is 1.06. The van der Waals surface area contributed by atoms with Crippen molar-refractivity contribution in [2.75, 3.05) is 34.8 Å². The minimum atomic E-state index is -4.69. The van der Waals surface area contributed by atoms with Crippen molar-refractivity contribution in [3.05, 3.63) is 104 Å². The number of thiazole rings is 1. The van der Waals surface area contributed by atoms with Gasteiger partial charge in [-0.25, -0.2) is 9.69 Å². The number of carbonyl (C=O) groups is 4. The molecule has 6 rings (SSSR count). The zero-order chi connectivity index (χ0) is 36.6. The topological polar surface area (TPSA) is 118 Å². The molecule has 266 valence electrons. The first-order chi connectivity index (χ1) is 24.4. The first-order valence-electron chi connectivity index (χ1n) is 16.2. The van der Waals surface area contributed by atoms with Crippen molar-refractivity contribution < 1.29 is 37.1 Å². The van der Waals surface area contributed by atoms with Gasteiger partial charge in [0.05, 0.1) is 34.4 Å². The van der Waals surface area contributed by atoms with Gasteiger partial charge in [0.15, 0.2) is 0 Å². The molecule has 0 spiro atoms. The Morgan fingerprint density at radius 3 is 2.24 bits per heavy atom. The van der Waals surface area contributed by atoms with Gasteiger partial charge in [0, 0.05) is 35.3 Å². The normalized spacial score (nSPS) is 18.3. The summed E-state index contributed by atoms with van der Waals surface area (Å²) in [6.07, 6.45) is -4.69.